The minimum absolute atomic E-state index is 0.00821. The zero-order valence-corrected chi connectivity index (χ0v) is 19.5. The number of nitriles is 1. The fourth-order valence-corrected chi connectivity index (χ4v) is 3.86. The summed E-state index contributed by atoms with van der Waals surface area (Å²) in [7, 11) is 1.74. The van der Waals surface area contributed by atoms with Crippen molar-refractivity contribution in [3.63, 3.8) is 0 Å². The molecule has 1 aromatic carbocycles. The maximum atomic E-state index is 13.5. The van der Waals surface area contributed by atoms with E-state index in [4.69, 9.17) is 10.00 Å². The molecule has 0 aliphatic carbocycles. The molecule has 0 unspecified atom stereocenters. The van der Waals surface area contributed by atoms with Crippen molar-refractivity contribution >= 4 is 11.8 Å². The molecular weight excluding hydrogens is 420 g/mol. The van der Waals surface area contributed by atoms with Gasteiger partial charge < -0.3 is 19.6 Å². The van der Waals surface area contributed by atoms with Crippen molar-refractivity contribution in [2.75, 3.05) is 26.7 Å². The molecule has 1 aliphatic rings. The smallest absolute Gasteiger partial charge is 0.259 e. The lowest BCUT2D eigenvalue weighted by molar-refractivity contribution is -0.131. The zero-order chi connectivity index (χ0) is 24.1. The molecule has 2 aromatic rings. The van der Waals surface area contributed by atoms with Crippen LogP contribution in [0, 0.1) is 17.2 Å². The summed E-state index contributed by atoms with van der Waals surface area (Å²) in [6, 6.07) is 10.5. The summed E-state index contributed by atoms with van der Waals surface area (Å²) in [5, 5.41) is 18.8. The largest absolute Gasteiger partial charge is 0.472 e. The lowest BCUT2D eigenvalue weighted by atomic mass is 9.99. The lowest BCUT2D eigenvalue weighted by Gasteiger charge is -2.37. The second kappa shape index (κ2) is 10.5. The molecule has 0 bridgehead atoms. The number of aliphatic hydroxyl groups is 1. The van der Waals surface area contributed by atoms with E-state index in [-0.39, 0.29) is 42.4 Å². The lowest BCUT2D eigenvalue weighted by Crippen LogP contribution is -2.50. The van der Waals surface area contributed by atoms with E-state index in [1.165, 1.54) is 0 Å². The third-order valence-electron chi connectivity index (χ3n) is 6.05. The van der Waals surface area contributed by atoms with E-state index in [9.17, 15) is 14.7 Å². The number of benzene rings is 1. The predicted octanol–water partition coefficient (Wildman–Crippen LogP) is 2.71. The van der Waals surface area contributed by atoms with Crippen LogP contribution in [-0.4, -0.2) is 70.6 Å². The molecule has 1 aromatic heterocycles. The van der Waals surface area contributed by atoms with Gasteiger partial charge in [0.2, 0.25) is 11.8 Å². The molecule has 1 aliphatic heterocycles. The van der Waals surface area contributed by atoms with Gasteiger partial charge in [-0.05, 0) is 30.7 Å². The van der Waals surface area contributed by atoms with Crippen LogP contribution in [0.4, 0.5) is 0 Å². The number of carbonyl (C=O) groups excluding carboxylic acids is 2. The second-order valence-electron chi connectivity index (χ2n) is 8.52. The molecule has 2 amide bonds. The van der Waals surface area contributed by atoms with Gasteiger partial charge in [0.1, 0.15) is 11.7 Å². The molecule has 8 nitrogen and oxygen atoms in total. The van der Waals surface area contributed by atoms with Crippen LogP contribution in [0.25, 0.3) is 11.1 Å². The van der Waals surface area contributed by atoms with Crippen molar-refractivity contribution in [2.24, 2.45) is 5.92 Å². The first-order valence-corrected chi connectivity index (χ1v) is 11.1. The van der Waals surface area contributed by atoms with Crippen molar-refractivity contribution in [2.45, 2.75) is 39.3 Å². The Labute approximate surface area is 194 Å². The molecule has 2 heterocycles. The number of aliphatic hydroxyl groups excluding tert-OH is 1. The maximum Gasteiger partial charge on any atom is 0.259 e. The summed E-state index contributed by atoms with van der Waals surface area (Å²) in [6.07, 6.45) is 1.66. The van der Waals surface area contributed by atoms with E-state index >= 15 is 0 Å². The van der Waals surface area contributed by atoms with Crippen LogP contribution in [-0.2, 0) is 4.79 Å². The number of rotatable bonds is 6. The minimum Gasteiger partial charge on any atom is -0.472 e. The standard InChI is InChI=1S/C25H30N4O4/c1-5-23(31)28(4)14-22-16(2)13-29(17(3)15-30)25(32)21-10-20(12-27-24(21)33-22)19-8-6-18(11-26)7-9-19/h6-10,12,16-17,22,30H,5,13-15H2,1-4H3/t16-,17+,22+/m0/s1. The number of aromatic nitrogens is 1. The average molecular weight is 451 g/mol. The number of hydrogen-bond donors (Lipinski definition) is 1. The number of amides is 2. The Morgan fingerprint density at radius 3 is 2.67 bits per heavy atom. The number of carbonyl (C=O) groups is 2. The molecule has 3 rings (SSSR count). The maximum absolute atomic E-state index is 13.5. The first-order valence-electron chi connectivity index (χ1n) is 11.1. The van der Waals surface area contributed by atoms with Gasteiger partial charge in [0, 0.05) is 37.7 Å². The van der Waals surface area contributed by atoms with Gasteiger partial charge in [-0.1, -0.05) is 26.0 Å². The SMILES string of the molecule is CCC(=O)N(C)C[C@H]1Oc2ncc(-c3ccc(C#N)cc3)cc2C(=O)N([C@H](C)CO)C[C@@H]1C. The van der Waals surface area contributed by atoms with Gasteiger partial charge in [-0.25, -0.2) is 4.98 Å². The first-order chi connectivity index (χ1) is 15.8. The number of ether oxygens (including phenoxy) is 1. The highest BCUT2D eigenvalue weighted by Crippen LogP contribution is 2.30. The van der Waals surface area contributed by atoms with E-state index in [0.717, 1.165) is 11.1 Å². The highest BCUT2D eigenvalue weighted by atomic mass is 16.5. The summed E-state index contributed by atoms with van der Waals surface area (Å²) in [4.78, 5) is 33.4. The Balaban J connectivity index is 2.03. The van der Waals surface area contributed by atoms with Crippen LogP contribution in [0.5, 0.6) is 5.88 Å². The molecule has 33 heavy (non-hydrogen) atoms. The van der Waals surface area contributed by atoms with Crippen LogP contribution in [0.2, 0.25) is 0 Å². The molecule has 174 valence electrons. The van der Waals surface area contributed by atoms with Gasteiger partial charge in [-0.2, -0.15) is 5.26 Å². The molecule has 3 atom stereocenters. The molecular formula is C25H30N4O4. The Hall–Kier alpha value is -3.44. The van der Waals surface area contributed by atoms with Crippen molar-refractivity contribution < 1.29 is 19.4 Å². The number of likely N-dealkylation sites (N-methyl/N-ethyl adjacent to an activating group) is 1. The van der Waals surface area contributed by atoms with Crippen LogP contribution < -0.4 is 4.74 Å². The van der Waals surface area contributed by atoms with E-state index in [0.29, 0.717) is 30.6 Å². The Kier molecular flexibility index (Phi) is 7.67. The van der Waals surface area contributed by atoms with Gasteiger partial charge in [0.05, 0.1) is 30.8 Å². The Morgan fingerprint density at radius 1 is 1.36 bits per heavy atom. The number of pyridine rings is 1. The first kappa shape index (κ1) is 24.2. The molecule has 0 spiro atoms. The van der Waals surface area contributed by atoms with E-state index in [1.54, 1.807) is 60.3 Å². The number of nitrogens with zero attached hydrogens (tertiary/aromatic N) is 4. The van der Waals surface area contributed by atoms with Crippen LogP contribution >= 0.6 is 0 Å². The molecule has 8 heteroatoms. The topological polar surface area (TPSA) is 107 Å². The zero-order valence-electron chi connectivity index (χ0n) is 19.5. The summed E-state index contributed by atoms with van der Waals surface area (Å²) >= 11 is 0. The second-order valence-corrected chi connectivity index (χ2v) is 8.52. The van der Waals surface area contributed by atoms with E-state index < -0.39 is 0 Å². The van der Waals surface area contributed by atoms with Gasteiger partial charge in [0.25, 0.3) is 5.91 Å². The van der Waals surface area contributed by atoms with Gasteiger partial charge in [-0.15, -0.1) is 0 Å². The molecule has 0 saturated heterocycles. The summed E-state index contributed by atoms with van der Waals surface area (Å²) < 4.78 is 6.22. The monoisotopic (exact) mass is 450 g/mol. The van der Waals surface area contributed by atoms with Crippen LogP contribution in [0.15, 0.2) is 36.5 Å². The number of hydrogen-bond acceptors (Lipinski definition) is 6. The Bertz CT molecular complexity index is 1050. The van der Waals surface area contributed by atoms with Crippen molar-refractivity contribution in [3.8, 4) is 23.1 Å². The third kappa shape index (κ3) is 5.32. The predicted molar refractivity (Wildman–Crippen MR) is 123 cm³/mol. The van der Waals surface area contributed by atoms with Crippen LogP contribution in [0.3, 0.4) is 0 Å². The average Bonchev–Trinajstić information content (AvgIpc) is 2.84. The van der Waals surface area contributed by atoms with Crippen molar-refractivity contribution in [1.29, 1.82) is 5.26 Å². The molecule has 0 saturated carbocycles. The fourth-order valence-electron chi connectivity index (χ4n) is 3.86. The molecule has 0 radical (unpaired) electrons. The minimum atomic E-state index is -0.389. The summed E-state index contributed by atoms with van der Waals surface area (Å²) in [6.45, 7) is 6.14. The highest BCUT2D eigenvalue weighted by Gasteiger charge is 2.34. The summed E-state index contributed by atoms with van der Waals surface area (Å²) in [5.74, 6) is -0.142. The van der Waals surface area contributed by atoms with Gasteiger partial charge in [-0.3, -0.25) is 9.59 Å². The van der Waals surface area contributed by atoms with Gasteiger partial charge in [0.15, 0.2) is 0 Å². The molecule has 1 N–H and O–H groups in total. The quantitative estimate of drug-likeness (QED) is 0.725. The van der Waals surface area contributed by atoms with Gasteiger partial charge >= 0.3 is 0 Å². The normalized spacial score (nSPS) is 18.9. The highest BCUT2D eigenvalue weighted by molar-refractivity contribution is 5.98. The number of fused-ring (bicyclic) bond motifs is 1. The Morgan fingerprint density at radius 2 is 2.06 bits per heavy atom. The van der Waals surface area contributed by atoms with Crippen molar-refractivity contribution in [3.05, 3.63) is 47.7 Å². The van der Waals surface area contributed by atoms with E-state index in [1.807, 2.05) is 13.8 Å². The summed E-state index contributed by atoms with van der Waals surface area (Å²) in [5.41, 5.74) is 2.38. The third-order valence-corrected chi connectivity index (χ3v) is 6.05. The fraction of sp³-hybridized carbons (Fsp3) is 0.440. The molecule has 0 fully saturated rings. The van der Waals surface area contributed by atoms with E-state index in [2.05, 4.69) is 11.1 Å². The van der Waals surface area contributed by atoms with Crippen LogP contribution in [0.1, 0.15) is 43.1 Å². The van der Waals surface area contributed by atoms with Crippen molar-refractivity contribution in [1.82, 2.24) is 14.8 Å².